The monoisotopic (exact) mass is 840 g/mol. The van der Waals surface area contributed by atoms with Crippen molar-refractivity contribution in [2.75, 3.05) is 21.3 Å². The Kier molecular flexibility index (Phi) is 40.5. The molecule has 0 radical (unpaired) electrons. The Morgan fingerprint density at radius 3 is 0.574 bits per heavy atom. The van der Waals surface area contributed by atoms with Crippen LogP contribution in [0.3, 0.4) is 0 Å². The fourth-order valence-electron chi connectivity index (χ4n) is 4.48. The van der Waals surface area contributed by atoms with E-state index in [1.165, 1.54) is 33.4 Å². The summed E-state index contributed by atoms with van der Waals surface area (Å²) in [5.74, 6) is 0. The first-order valence-electron chi connectivity index (χ1n) is 19.4. The van der Waals surface area contributed by atoms with Crippen LogP contribution < -0.4 is 15.3 Å². The van der Waals surface area contributed by atoms with E-state index >= 15 is 0 Å². The predicted molar refractivity (Wildman–Crippen MR) is 259 cm³/mol. The number of rotatable bonds is 10. The molecule has 6 rings (SSSR count). The van der Waals surface area contributed by atoms with Crippen molar-refractivity contribution in [1.82, 2.24) is 0 Å². The van der Waals surface area contributed by atoms with Gasteiger partial charge in [-0.1, -0.05) is 262 Å². The van der Waals surface area contributed by atoms with Crippen LogP contribution in [0.25, 0.3) is 36.5 Å². The number of hydrogen-bond donors (Lipinski definition) is 0. The maximum absolute atomic E-state index is 8.25. The molecule has 4 heteroatoms. The average molecular weight is 841 g/mol. The minimum Gasteiger partial charge on any atom is -0.857 e. The average Bonchev–Trinajstić information content (AvgIpc) is 3.35. The molecule has 0 aliphatic rings. The van der Waals surface area contributed by atoms with Crippen molar-refractivity contribution in [3.05, 3.63) is 276 Å². The zero-order valence-corrected chi connectivity index (χ0v) is 37.8. The third kappa shape index (κ3) is 32.4. The van der Waals surface area contributed by atoms with Crippen molar-refractivity contribution in [3.63, 3.8) is 0 Å². The molecule has 0 atom stereocenters. The van der Waals surface area contributed by atoms with Gasteiger partial charge in [-0.05, 0) is 33.4 Å². The summed E-state index contributed by atoms with van der Waals surface area (Å²) in [6.45, 7) is 9.00. The van der Waals surface area contributed by atoms with Crippen molar-refractivity contribution in [2.24, 2.45) is 0 Å². The molecule has 0 amide bonds. The first-order valence-corrected chi connectivity index (χ1v) is 19.4. The van der Waals surface area contributed by atoms with E-state index in [1.54, 1.807) is 6.08 Å². The molecule has 0 fully saturated rings. The third-order valence-corrected chi connectivity index (χ3v) is 7.58. The van der Waals surface area contributed by atoms with E-state index in [-0.39, 0.29) is 21.7 Å². The van der Waals surface area contributed by atoms with E-state index in [9.17, 15) is 0 Å². The van der Waals surface area contributed by atoms with Gasteiger partial charge < -0.3 is 15.3 Å². The molecule has 6 aromatic rings. The second kappa shape index (κ2) is 43.4. The Morgan fingerprint density at radius 1 is 0.328 bits per heavy atom. The minimum absolute atomic E-state index is 0. The first-order chi connectivity index (χ1) is 29.7. The van der Waals surface area contributed by atoms with Gasteiger partial charge in [-0.15, -0.1) is 6.92 Å². The molecule has 0 aliphatic carbocycles. The Morgan fingerprint density at radius 2 is 0.475 bits per heavy atom. The van der Waals surface area contributed by atoms with Crippen molar-refractivity contribution in [3.8, 4) is 0 Å². The quantitative estimate of drug-likeness (QED) is 0.0784. The third-order valence-electron chi connectivity index (χ3n) is 7.58. The van der Waals surface area contributed by atoms with Gasteiger partial charge in [0, 0.05) is 0 Å². The van der Waals surface area contributed by atoms with E-state index in [0.29, 0.717) is 0 Å². The van der Waals surface area contributed by atoms with Crippen LogP contribution in [-0.4, -0.2) is 21.3 Å². The van der Waals surface area contributed by atoms with Gasteiger partial charge >= 0.3 is 21.7 Å². The molecular weight excluding hydrogens is 780 g/mol. The van der Waals surface area contributed by atoms with E-state index in [2.05, 4.69) is 146 Å². The van der Waals surface area contributed by atoms with Crippen molar-refractivity contribution in [2.45, 2.75) is 13.8 Å². The summed E-state index contributed by atoms with van der Waals surface area (Å²) in [6, 6.07) is 61.7. The van der Waals surface area contributed by atoms with Gasteiger partial charge in [0.25, 0.3) is 0 Å². The smallest absolute Gasteiger partial charge is 0.857 e. The molecule has 0 saturated carbocycles. The van der Waals surface area contributed by atoms with E-state index < -0.39 is 0 Å². The SMILES string of the molecule is C(C=Cc1ccccc1)=Cc1ccccc1.C(C=Cc1ccccc1)=Cc1ccccc1.C(C=Cc1ccccc1)=Cc1ccccc1.C[O-].C[O-].C[O-].[CH-]=CC(C)=CC.[Ti+4]. The van der Waals surface area contributed by atoms with Gasteiger partial charge in [-0.2, -0.15) is 27.4 Å². The van der Waals surface area contributed by atoms with E-state index in [0.717, 1.165) is 26.9 Å². The van der Waals surface area contributed by atoms with Crippen LogP contribution in [0.1, 0.15) is 47.2 Å². The van der Waals surface area contributed by atoms with Crippen molar-refractivity contribution < 1.29 is 37.0 Å². The molecule has 3 nitrogen and oxygen atoms in total. The maximum Gasteiger partial charge on any atom is 4.00 e. The van der Waals surface area contributed by atoms with E-state index in [1.807, 2.05) is 129 Å². The summed E-state index contributed by atoms with van der Waals surface area (Å²) < 4.78 is 0. The molecule has 0 aliphatic heterocycles. The zero-order chi connectivity index (χ0) is 44.2. The van der Waals surface area contributed by atoms with Crippen LogP contribution in [0.15, 0.2) is 236 Å². The molecule has 310 valence electrons. The molecule has 0 spiro atoms. The van der Waals surface area contributed by atoms with Crippen LogP contribution >= 0.6 is 0 Å². The second-order valence-corrected chi connectivity index (χ2v) is 11.8. The first kappa shape index (κ1) is 56.9. The summed E-state index contributed by atoms with van der Waals surface area (Å²) in [6.07, 6.45) is 28.5. The van der Waals surface area contributed by atoms with Crippen LogP contribution in [0.4, 0.5) is 0 Å². The largest absolute Gasteiger partial charge is 4.00 e. The van der Waals surface area contributed by atoms with Gasteiger partial charge in [-0.3, -0.25) is 6.58 Å². The Hall–Kier alpha value is -6.17. The Bertz CT molecular complexity index is 1680. The van der Waals surface area contributed by atoms with Crippen LogP contribution in [0.5, 0.6) is 0 Å². The topological polar surface area (TPSA) is 69.2 Å². The number of benzene rings is 6. The number of allylic oxidation sites excluding steroid dienone is 9. The predicted octanol–water partition coefficient (Wildman–Crippen LogP) is 12.1. The maximum atomic E-state index is 8.25. The molecular formula is C57H60O3Ti. The molecule has 0 unspecified atom stereocenters. The van der Waals surface area contributed by atoms with Crippen LogP contribution in [0.2, 0.25) is 0 Å². The Balaban J connectivity index is 0. The van der Waals surface area contributed by atoms with Crippen LogP contribution in [-0.2, 0) is 21.7 Å². The fraction of sp³-hybridized carbons (Fsp3) is 0.0877. The molecule has 0 heterocycles. The van der Waals surface area contributed by atoms with Gasteiger partial charge in [0.2, 0.25) is 0 Å². The summed E-state index contributed by atoms with van der Waals surface area (Å²) in [5, 5.41) is 24.8. The van der Waals surface area contributed by atoms with Crippen LogP contribution in [0, 0.1) is 6.58 Å². The minimum atomic E-state index is 0. The van der Waals surface area contributed by atoms with Gasteiger partial charge in [0.1, 0.15) is 0 Å². The van der Waals surface area contributed by atoms with Crippen molar-refractivity contribution >= 4 is 36.5 Å². The number of hydrogen-bond acceptors (Lipinski definition) is 3. The zero-order valence-electron chi connectivity index (χ0n) is 36.2. The molecule has 0 aromatic heterocycles. The summed E-state index contributed by atoms with van der Waals surface area (Å²) >= 11 is 0. The molecule has 0 bridgehead atoms. The summed E-state index contributed by atoms with van der Waals surface area (Å²) in [5.41, 5.74) is 8.45. The molecule has 0 N–H and O–H groups in total. The summed E-state index contributed by atoms with van der Waals surface area (Å²) in [4.78, 5) is 0. The molecule has 0 saturated heterocycles. The van der Waals surface area contributed by atoms with Crippen molar-refractivity contribution in [1.29, 1.82) is 0 Å². The summed E-state index contributed by atoms with van der Waals surface area (Å²) in [7, 11) is 2.25. The second-order valence-electron chi connectivity index (χ2n) is 11.8. The van der Waals surface area contributed by atoms with E-state index in [4.69, 9.17) is 21.9 Å². The molecule has 61 heavy (non-hydrogen) atoms. The Labute approximate surface area is 382 Å². The fourth-order valence-corrected chi connectivity index (χ4v) is 4.48. The normalized spacial score (nSPS) is 10.3. The van der Waals surface area contributed by atoms with Gasteiger partial charge in [0.05, 0.1) is 0 Å². The van der Waals surface area contributed by atoms with Gasteiger partial charge in [-0.25, -0.2) is 11.6 Å². The van der Waals surface area contributed by atoms with Gasteiger partial charge in [0.15, 0.2) is 0 Å². The standard InChI is InChI=1S/3C16H14.C6H9.3CH3O.Ti/c3*1-3-9-15(10-4-1)13-7-8-14-16-11-5-2-6-12-16;1-4-6(3)5-2;3*1-2;/h3*1-14H;1,4-5H,2-3H3;3*1H3;/q;;;4*-1;+4. The molecule has 6 aromatic carbocycles.